The zero-order valence-electron chi connectivity index (χ0n) is 17.2. The van der Waals surface area contributed by atoms with Gasteiger partial charge in [0.15, 0.2) is 6.10 Å². The minimum atomic E-state index is -0.505. The Bertz CT molecular complexity index is 574. The van der Waals surface area contributed by atoms with Crippen LogP contribution in [0.4, 0.5) is 0 Å². The Hall–Kier alpha value is -1.77. The fourth-order valence-electron chi connectivity index (χ4n) is 3.58. The van der Waals surface area contributed by atoms with Crippen molar-refractivity contribution in [2.75, 3.05) is 6.61 Å². The van der Waals surface area contributed by atoms with Gasteiger partial charge in [-0.05, 0) is 68.7 Å². The van der Waals surface area contributed by atoms with Gasteiger partial charge in [-0.15, -0.1) is 0 Å². The van der Waals surface area contributed by atoms with Gasteiger partial charge in [-0.25, -0.2) is 4.79 Å². The summed E-state index contributed by atoms with van der Waals surface area (Å²) in [6, 6.07) is 8.22. The molecule has 3 nitrogen and oxygen atoms in total. The molecule has 1 aromatic rings. The van der Waals surface area contributed by atoms with Crippen molar-refractivity contribution in [2.45, 2.75) is 90.6 Å². The van der Waals surface area contributed by atoms with E-state index >= 15 is 0 Å². The van der Waals surface area contributed by atoms with E-state index in [9.17, 15) is 4.79 Å². The Morgan fingerprint density at radius 3 is 2.52 bits per heavy atom. The van der Waals surface area contributed by atoms with E-state index in [1.54, 1.807) is 0 Å². The Morgan fingerprint density at radius 1 is 1.00 bits per heavy atom. The van der Waals surface area contributed by atoms with Gasteiger partial charge in [-0.3, -0.25) is 0 Å². The largest absolute Gasteiger partial charge is 0.479 e. The molecule has 0 radical (unpaired) electrons. The predicted octanol–water partition coefficient (Wildman–Crippen LogP) is 6.71. The third kappa shape index (κ3) is 7.78. The number of carbonyl (C=O) groups excluding carboxylic acids is 1. The van der Waals surface area contributed by atoms with Crippen molar-refractivity contribution in [1.29, 1.82) is 0 Å². The quantitative estimate of drug-likeness (QED) is 0.320. The van der Waals surface area contributed by atoms with Crippen LogP contribution in [-0.2, 0) is 9.53 Å². The van der Waals surface area contributed by atoms with E-state index in [0.29, 0.717) is 6.61 Å². The summed E-state index contributed by atoms with van der Waals surface area (Å²) in [4.78, 5) is 12.3. The second-order valence-corrected chi connectivity index (χ2v) is 7.41. The monoisotopic (exact) mass is 372 g/mol. The topological polar surface area (TPSA) is 35.5 Å². The number of benzene rings is 1. The van der Waals surface area contributed by atoms with Gasteiger partial charge in [0.1, 0.15) is 5.75 Å². The lowest BCUT2D eigenvalue weighted by atomic mass is 10.0. The summed E-state index contributed by atoms with van der Waals surface area (Å²) in [6.07, 6.45) is 14.6. The van der Waals surface area contributed by atoms with Crippen LogP contribution in [0.1, 0.15) is 90.0 Å². The van der Waals surface area contributed by atoms with Crippen LogP contribution in [0.2, 0.25) is 0 Å². The molecule has 0 saturated carbocycles. The van der Waals surface area contributed by atoms with E-state index in [0.717, 1.165) is 31.4 Å². The van der Waals surface area contributed by atoms with Gasteiger partial charge in [0.25, 0.3) is 0 Å². The summed E-state index contributed by atoms with van der Waals surface area (Å²) < 4.78 is 11.2. The summed E-state index contributed by atoms with van der Waals surface area (Å²) in [6.45, 7) is 4.44. The van der Waals surface area contributed by atoms with Crippen LogP contribution in [-0.4, -0.2) is 18.7 Å². The molecule has 1 aliphatic rings. The number of carbonyl (C=O) groups is 1. The molecule has 1 aliphatic carbocycles. The molecule has 0 N–H and O–H groups in total. The van der Waals surface area contributed by atoms with Gasteiger partial charge in [0.2, 0.25) is 0 Å². The molecule has 3 heteroatoms. The van der Waals surface area contributed by atoms with E-state index in [2.05, 4.69) is 25.1 Å². The second kappa shape index (κ2) is 12.6. The molecular weight excluding hydrogens is 336 g/mol. The van der Waals surface area contributed by atoms with Crippen molar-refractivity contribution in [3.05, 3.63) is 35.9 Å². The zero-order valence-corrected chi connectivity index (χ0v) is 17.2. The molecular formula is C24H36O3. The lowest BCUT2D eigenvalue weighted by Gasteiger charge is -2.18. The highest BCUT2D eigenvalue weighted by Crippen LogP contribution is 2.27. The van der Waals surface area contributed by atoms with E-state index in [4.69, 9.17) is 9.47 Å². The molecule has 0 aromatic heterocycles. The maximum Gasteiger partial charge on any atom is 0.347 e. The first kappa shape index (κ1) is 21.5. The maximum atomic E-state index is 12.3. The molecule has 0 aliphatic heterocycles. The predicted molar refractivity (Wildman–Crippen MR) is 112 cm³/mol. The summed E-state index contributed by atoms with van der Waals surface area (Å²) in [5.41, 5.74) is 2.72. The fourth-order valence-corrected chi connectivity index (χ4v) is 3.58. The van der Waals surface area contributed by atoms with Gasteiger partial charge < -0.3 is 9.47 Å². The molecule has 0 bridgehead atoms. The number of unbranched alkanes of at least 4 members (excludes halogenated alkanes) is 4. The van der Waals surface area contributed by atoms with E-state index in [-0.39, 0.29) is 5.97 Å². The Labute approximate surface area is 165 Å². The van der Waals surface area contributed by atoms with Crippen molar-refractivity contribution >= 4 is 11.5 Å². The smallest absolute Gasteiger partial charge is 0.347 e. The highest BCUT2D eigenvalue weighted by Gasteiger charge is 2.21. The molecule has 1 atom stereocenters. The summed E-state index contributed by atoms with van der Waals surface area (Å²) >= 11 is 0. The van der Waals surface area contributed by atoms with Crippen molar-refractivity contribution in [3.8, 4) is 5.75 Å². The van der Waals surface area contributed by atoms with Gasteiger partial charge in [-0.1, -0.05) is 57.2 Å². The molecule has 27 heavy (non-hydrogen) atoms. The molecule has 0 saturated heterocycles. The summed E-state index contributed by atoms with van der Waals surface area (Å²) in [5, 5.41) is 0. The molecule has 1 unspecified atom stereocenters. The van der Waals surface area contributed by atoms with E-state index in [1.165, 1.54) is 56.1 Å². The van der Waals surface area contributed by atoms with Gasteiger partial charge in [-0.2, -0.15) is 0 Å². The number of hydrogen-bond acceptors (Lipinski definition) is 3. The van der Waals surface area contributed by atoms with Crippen LogP contribution >= 0.6 is 0 Å². The van der Waals surface area contributed by atoms with Crippen LogP contribution in [0.25, 0.3) is 5.57 Å². The number of hydrogen-bond donors (Lipinski definition) is 0. The summed E-state index contributed by atoms with van der Waals surface area (Å²) in [5.74, 6) is 0.503. The average molecular weight is 373 g/mol. The first-order chi connectivity index (χ1) is 13.2. The number of rotatable bonds is 11. The molecule has 0 spiro atoms. The van der Waals surface area contributed by atoms with Crippen LogP contribution < -0.4 is 4.74 Å². The maximum absolute atomic E-state index is 12.3. The van der Waals surface area contributed by atoms with Gasteiger partial charge in [0, 0.05) is 0 Å². The first-order valence-corrected chi connectivity index (χ1v) is 10.9. The van der Waals surface area contributed by atoms with Crippen molar-refractivity contribution in [1.82, 2.24) is 0 Å². The Kier molecular flexibility index (Phi) is 10.0. The minimum absolute atomic E-state index is 0.247. The van der Waals surface area contributed by atoms with Crippen LogP contribution in [0.5, 0.6) is 5.75 Å². The fraction of sp³-hybridized carbons (Fsp3) is 0.625. The van der Waals surface area contributed by atoms with Crippen LogP contribution in [0.15, 0.2) is 30.3 Å². The highest BCUT2D eigenvalue weighted by molar-refractivity contribution is 5.75. The van der Waals surface area contributed by atoms with E-state index < -0.39 is 6.10 Å². The van der Waals surface area contributed by atoms with Gasteiger partial charge in [0.05, 0.1) is 6.61 Å². The molecule has 0 amide bonds. The van der Waals surface area contributed by atoms with E-state index in [1.807, 2.05) is 19.1 Å². The lowest BCUT2D eigenvalue weighted by Crippen LogP contribution is -2.29. The molecule has 0 heterocycles. The van der Waals surface area contributed by atoms with Crippen molar-refractivity contribution in [3.63, 3.8) is 0 Å². The number of ether oxygens (including phenoxy) is 2. The molecule has 2 rings (SSSR count). The summed E-state index contributed by atoms with van der Waals surface area (Å²) in [7, 11) is 0. The third-order valence-corrected chi connectivity index (χ3v) is 5.16. The molecule has 1 aromatic carbocycles. The van der Waals surface area contributed by atoms with Gasteiger partial charge >= 0.3 is 5.97 Å². The Morgan fingerprint density at radius 2 is 1.78 bits per heavy atom. The van der Waals surface area contributed by atoms with Crippen molar-refractivity contribution < 1.29 is 14.3 Å². The molecule has 150 valence electrons. The Balaban J connectivity index is 1.94. The SMILES string of the molecule is CCCCCCCC(Oc1ccc(C2=CCCCCC2)cc1)C(=O)OCC. The highest BCUT2D eigenvalue weighted by atomic mass is 16.6. The molecule has 0 fully saturated rings. The first-order valence-electron chi connectivity index (χ1n) is 10.9. The standard InChI is InChI=1S/C24H36O3/c1-3-5-6-7-12-15-23(24(25)26-4-2)27-22-18-16-21(17-19-22)20-13-10-8-9-11-14-20/h13,16-19,23H,3-12,14-15H2,1-2H3. The third-order valence-electron chi connectivity index (χ3n) is 5.16. The van der Waals surface area contributed by atoms with Crippen LogP contribution in [0.3, 0.4) is 0 Å². The van der Waals surface area contributed by atoms with Crippen LogP contribution in [0, 0.1) is 0 Å². The zero-order chi connectivity index (χ0) is 19.3. The second-order valence-electron chi connectivity index (χ2n) is 7.41. The van der Waals surface area contributed by atoms with Crippen molar-refractivity contribution in [2.24, 2.45) is 0 Å². The normalized spacial score (nSPS) is 15.6. The number of allylic oxidation sites excluding steroid dienone is 2. The minimum Gasteiger partial charge on any atom is -0.479 e. The number of esters is 1. The lowest BCUT2D eigenvalue weighted by molar-refractivity contribution is -0.151. The average Bonchev–Trinajstić information content (AvgIpc) is 2.97.